The van der Waals surface area contributed by atoms with Gasteiger partial charge in [-0.25, -0.2) is 0 Å². The van der Waals surface area contributed by atoms with E-state index in [2.05, 4.69) is 387 Å². The zero-order valence-electron chi connectivity index (χ0n) is 75.1. The summed E-state index contributed by atoms with van der Waals surface area (Å²) in [7, 11) is -2.75. The second-order valence-electron chi connectivity index (χ2n) is 34.6. The molecule has 0 atom stereocenters. The minimum atomic E-state index is -5.78. The van der Waals surface area contributed by atoms with Crippen molar-refractivity contribution >= 4 is 221 Å². The molecule has 0 N–H and O–H groups in total. The van der Waals surface area contributed by atoms with Crippen LogP contribution >= 0.6 is 55.1 Å². The van der Waals surface area contributed by atoms with Crippen molar-refractivity contribution in [1.82, 2.24) is 0 Å². The zero-order chi connectivity index (χ0) is 92.8. The first-order valence-electron chi connectivity index (χ1n) is 43.9. The van der Waals surface area contributed by atoms with E-state index >= 15 is 0 Å². The topological polar surface area (TPSA) is 53.1 Å². The third kappa shape index (κ3) is 22.5. The van der Waals surface area contributed by atoms with Gasteiger partial charge >= 0.3 is 23.2 Å². The van der Waals surface area contributed by atoms with Crippen LogP contribution in [0.15, 0.2) is 337 Å². The van der Waals surface area contributed by atoms with E-state index < -0.39 is 28.9 Å². The number of anilines is 9. The van der Waals surface area contributed by atoms with Gasteiger partial charge in [0.05, 0.1) is 60.4 Å². The van der Waals surface area contributed by atoms with E-state index in [1.807, 2.05) is 36.4 Å². The van der Waals surface area contributed by atoms with E-state index in [1.54, 1.807) is 12.1 Å². The van der Waals surface area contributed by atoms with Gasteiger partial charge in [-0.05, 0) is 333 Å². The number of nitrogens with zero attached hydrogens (tertiary/aromatic N) is 6. The van der Waals surface area contributed by atoms with E-state index in [-0.39, 0.29) is 4.70 Å². The average Bonchev–Trinajstić information content (AvgIpc) is 0.785. The minimum Gasteiger partial charge on any atom is -1.00 e. The van der Waals surface area contributed by atoms with Crippen LogP contribution in [0.3, 0.4) is 0 Å². The van der Waals surface area contributed by atoms with E-state index in [1.165, 1.54) is 77.5 Å². The van der Waals surface area contributed by atoms with Crippen LogP contribution in [0, 0.1) is 6.92 Å². The number of alkyl halides is 3. The molecule has 0 aliphatic heterocycles. The van der Waals surface area contributed by atoms with Crippen molar-refractivity contribution in [1.29, 1.82) is 0 Å². The average molecular weight is 1960 g/mol. The van der Waals surface area contributed by atoms with Crippen molar-refractivity contribution in [3.05, 3.63) is 369 Å². The lowest BCUT2D eigenvalue weighted by molar-refractivity contribution is -0.936. The van der Waals surface area contributed by atoms with Gasteiger partial charge in [0.1, 0.15) is 25.4 Å². The lowest BCUT2D eigenvalue weighted by atomic mass is 10.0. The predicted molar refractivity (Wildman–Crippen MR) is 549 cm³/mol. The Balaban J connectivity index is 0.000000156. The first-order chi connectivity index (χ1) is 62.7. The fourth-order valence-electron chi connectivity index (χ4n) is 17.7. The first kappa shape index (κ1) is 96.5. The predicted octanol–water partition coefficient (Wildman–Crippen LogP) is 30.1. The van der Waals surface area contributed by atoms with Crippen LogP contribution in [0.1, 0.15) is 63.8 Å². The van der Waals surface area contributed by atoms with Crippen molar-refractivity contribution in [2.75, 3.05) is 75.1 Å². The number of halogens is 11. The number of hydrogen-bond donors (Lipinski definition) is 0. The Labute approximate surface area is 795 Å². The number of hydrogen-bond acceptors (Lipinski definition) is 6. The molecule has 0 aliphatic carbocycles. The summed E-state index contributed by atoms with van der Waals surface area (Å²) in [5.74, 6) is -0.406. The van der Waals surface area contributed by atoms with E-state index in [9.17, 15) is 34.5 Å². The lowest BCUT2D eigenvalue weighted by Gasteiger charge is -2.36. The Morgan fingerprint density at radius 2 is 0.545 bits per heavy atom. The third-order valence-electron chi connectivity index (χ3n) is 25.1. The molecule has 0 saturated carbocycles. The molecule has 18 aromatic carbocycles. The smallest absolute Gasteiger partial charge is 0.762 e. The van der Waals surface area contributed by atoms with Crippen molar-refractivity contribution < 1.29 is 56.9 Å². The van der Waals surface area contributed by atoms with Gasteiger partial charge in [-0.2, -0.15) is 21.6 Å². The van der Waals surface area contributed by atoms with Gasteiger partial charge in [0, 0.05) is 86.9 Å². The first-order valence-corrected chi connectivity index (χ1v) is 47.7. The lowest BCUT2D eigenvalue weighted by Crippen LogP contribution is -3.00. The van der Waals surface area contributed by atoms with Gasteiger partial charge in [-0.3, -0.25) is 12.9 Å². The molecule has 132 heavy (non-hydrogen) atoms. The minimum absolute atomic E-state index is 0. The Bertz CT molecular complexity index is 7220. The molecule has 0 amide bonds. The van der Waals surface area contributed by atoms with Gasteiger partial charge < -0.3 is 37.0 Å². The molecule has 674 valence electrons. The fourth-order valence-corrected chi connectivity index (χ4v) is 19.3. The molecule has 0 fully saturated rings. The Morgan fingerprint density at radius 3 is 0.871 bits per heavy atom. The normalized spacial score (nSPS) is 11.9. The number of quaternary nitrogens is 3. The number of benzene rings is 18. The van der Waals surface area contributed by atoms with Crippen LogP contribution in [0.5, 0.6) is 5.75 Å². The number of rotatable bonds is 23. The fraction of sp³-hybridized carbons (Fsp3) is 0.182. The van der Waals surface area contributed by atoms with Crippen molar-refractivity contribution in [2.24, 2.45) is 0 Å². The highest BCUT2D eigenvalue weighted by Crippen LogP contribution is 2.45. The summed E-state index contributed by atoms with van der Waals surface area (Å²) in [6.07, 6.45) is 0. The Hall–Kier alpha value is -11.6. The third-order valence-corrected chi connectivity index (χ3v) is 27.5. The summed E-state index contributed by atoms with van der Waals surface area (Å²) in [4.78, 5) is 6.85. The maximum atomic E-state index is 12.9. The van der Waals surface area contributed by atoms with E-state index in [0.29, 0.717) is 10.8 Å². The van der Waals surface area contributed by atoms with Gasteiger partial charge in [-0.15, -0.1) is 0 Å². The summed E-state index contributed by atoms with van der Waals surface area (Å²) in [5.41, 5.74) is 9.09. The maximum Gasteiger partial charge on any atom is 0.762 e. The maximum absolute atomic E-state index is 12.9. The molecule has 0 radical (unpaired) electrons. The van der Waals surface area contributed by atoms with Crippen LogP contribution in [-0.2, 0) is 29.8 Å². The molecule has 0 saturated heterocycles. The molecular weight excluding hydrogens is 1860 g/mol. The molecule has 0 bridgehead atoms. The largest absolute Gasteiger partial charge is 1.00 e. The highest BCUT2D eigenvalue weighted by Gasteiger charge is 2.48. The molecule has 9 nitrogen and oxygen atoms in total. The standard InChI is InChI=1S/C39H38F3N2O3S.C37H35Cl2N2.C34H29Br2N2.BF3.FH/c1-5-44(6-2,7-3)26-28-9-11-29-12-16-37(24-34(29)21-28)43(35-17-13-30-20-27(4)8-10-31(30)22-35)36-18-14-33-25-38(19-15-32(33)23-36)47-48(45,46)39(40,41)42;1-4-41(5-2,6-3)25-26-7-8-27-11-16-35(22-30(27)19-26)40(36-17-12-28-9-14-33(38)20-31(28)23-36)37-18-13-29-10-15-34(39)21-32(29)24-37;1-38(2,3)22-23-4-5-27-19-32(13-8-24(27)16-23)37(33-14-9-25-17-30(35)11-6-28(25)20-33)34-15-10-26-18-31(36)12-7-29(26)21-34;2-1(3)4;/h8-25H,5-7,26H2,1-4H3;7-24H,4-6,25H2,1-3H3;4-21H,22H2,1-3H3;;1H/q3*+1;;/p-1. The van der Waals surface area contributed by atoms with Crippen molar-refractivity contribution in [3.8, 4) is 5.75 Å². The molecule has 0 heterocycles. The van der Waals surface area contributed by atoms with E-state index in [0.717, 1.165) is 186 Å². The van der Waals surface area contributed by atoms with Gasteiger partial charge in [-0.1, -0.05) is 200 Å². The van der Waals surface area contributed by atoms with Crippen LogP contribution < -0.4 is 23.6 Å². The molecule has 0 aromatic heterocycles. The van der Waals surface area contributed by atoms with Crippen LogP contribution in [0.25, 0.3) is 97.0 Å². The van der Waals surface area contributed by atoms with Gasteiger partial charge in [0.25, 0.3) is 0 Å². The molecule has 22 heteroatoms. The summed E-state index contributed by atoms with van der Waals surface area (Å²) in [5, 5.41) is 21.6. The van der Waals surface area contributed by atoms with Crippen LogP contribution in [0.4, 0.5) is 77.3 Å². The molecule has 0 aliphatic rings. The SMILES string of the molecule is CC[N+](CC)(CC)Cc1ccc2ccc(N(c3ccc4cc(C)ccc4c3)c3ccc4cc(OS(=O)(=O)C(F)(F)F)ccc4c3)cc2c1.CC[N+](CC)(CC)Cc1ccc2ccc(N(c3ccc4ccc(Cl)cc4c3)c3ccc4ccc(Cl)cc4c3)cc2c1.C[N+](C)(C)Cc1ccc2cc(N(c3ccc4cc(Br)ccc4c3)c3ccc4cc(Br)ccc4c3)ccc2c1.FB(F)F.[F-]. The quantitative estimate of drug-likeness (QED) is 0.0209. The zero-order valence-corrected chi connectivity index (χ0v) is 80.6. The summed E-state index contributed by atoms with van der Waals surface area (Å²) < 4.78 is 101. The van der Waals surface area contributed by atoms with Crippen molar-refractivity contribution in [2.45, 2.75) is 73.6 Å². The molecular formula is C110H102BBr2Cl2F7N6O3S+2. The second kappa shape index (κ2) is 40.9. The summed E-state index contributed by atoms with van der Waals surface area (Å²) >= 11 is 20.0. The molecule has 0 spiro atoms. The highest BCUT2D eigenvalue weighted by molar-refractivity contribution is 9.10. The van der Waals surface area contributed by atoms with Crippen LogP contribution in [0.2, 0.25) is 10.0 Å². The summed E-state index contributed by atoms with van der Waals surface area (Å²) in [6.45, 7) is 25.3. The second-order valence-corrected chi connectivity index (χ2v) is 38.9. The molecule has 0 unspecified atom stereocenters. The Morgan fingerprint density at radius 1 is 0.311 bits per heavy atom. The molecule has 18 aromatic rings. The highest BCUT2D eigenvalue weighted by atomic mass is 79.9. The molecule has 18 rings (SSSR count). The van der Waals surface area contributed by atoms with Gasteiger partial charge in [0.15, 0.2) is 0 Å². The number of aryl methyl sites for hydroxylation is 1. The van der Waals surface area contributed by atoms with E-state index in [4.69, 9.17) is 23.2 Å². The van der Waals surface area contributed by atoms with Gasteiger partial charge in [0.2, 0.25) is 0 Å². The Kier molecular flexibility index (Phi) is 29.9. The van der Waals surface area contributed by atoms with Crippen LogP contribution in [-0.4, -0.2) is 95.3 Å². The summed E-state index contributed by atoms with van der Waals surface area (Å²) in [6, 6.07) is 114. The monoisotopic (exact) mass is 1960 g/mol. The number of fused-ring (bicyclic) bond motifs is 9. The van der Waals surface area contributed by atoms with Crippen molar-refractivity contribution in [3.63, 3.8) is 0 Å².